The molecule has 0 fully saturated rings. The SMILES string of the molecule is CN(C)CCC(=O)c1ccc2cc(Br)c3ccccc3c2c1. The van der Waals surface area contributed by atoms with Gasteiger partial charge < -0.3 is 4.90 Å². The summed E-state index contributed by atoms with van der Waals surface area (Å²) >= 11 is 3.63. The second-order valence-electron chi connectivity index (χ2n) is 5.82. The van der Waals surface area contributed by atoms with Crippen LogP contribution >= 0.6 is 15.9 Å². The average Bonchev–Trinajstić information content (AvgIpc) is 2.52. The quantitative estimate of drug-likeness (QED) is 0.490. The maximum atomic E-state index is 12.4. The van der Waals surface area contributed by atoms with Crippen LogP contribution in [0.3, 0.4) is 0 Å². The Hall–Kier alpha value is -1.71. The van der Waals surface area contributed by atoms with E-state index in [-0.39, 0.29) is 5.78 Å². The molecule has 0 saturated heterocycles. The molecule has 2 nitrogen and oxygen atoms in total. The van der Waals surface area contributed by atoms with Gasteiger partial charge >= 0.3 is 0 Å². The van der Waals surface area contributed by atoms with E-state index in [1.54, 1.807) is 0 Å². The van der Waals surface area contributed by atoms with E-state index >= 15 is 0 Å². The lowest BCUT2D eigenvalue weighted by Crippen LogP contribution is -2.16. The van der Waals surface area contributed by atoms with E-state index in [2.05, 4.69) is 34.1 Å². The molecular formula is C19H18BrNO. The Balaban J connectivity index is 2.11. The van der Waals surface area contributed by atoms with Gasteiger partial charge in [0.15, 0.2) is 5.78 Å². The number of carbonyl (C=O) groups excluding carboxylic acids is 1. The number of benzene rings is 3. The smallest absolute Gasteiger partial charge is 0.164 e. The molecule has 0 aromatic heterocycles. The number of Topliss-reactive ketones (excluding diaryl/α,β-unsaturated/α-hetero) is 1. The summed E-state index contributed by atoms with van der Waals surface area (Å²) in [4.78, 5) is 14.4. The molecule has 0 heterocycles. The molecule has 112 valence electrons. The van der Waals surface area contributed by atoms with Crippen LogP contribution in [0.25, 0.3) is 21.5 Å². The van der Waals surface area contributed by atoms with E-state index in [4.69, 9.17) is 0 Å². The largest absolute Gasteiger partial charge is 0.309 e. The molecule has 0 unspecified atom stereocenters. The van der Waals surface area contributed by atoms with Crippen molar-refractivity contribution in [2.75, 3.05) is 20.6 Å². The van der Waals surface area contributed by atoms with Crippen LogP contribution in [-0.2, 0) is 0 Å². The Morgan fingerprint density at radius 3 is 2.45 bits per heavy atom. The number of carbonyl (C=O) groups is 1. The molecule has 22 heavy (non-hydrogen) atoms. The van der Waals surface area contributed by atoms with Crippen LogP contribution in [0.1, 0.15) is 16.8 Å². The van der Waals surface area contributed by atoms with E-state index in [1.165, 1.54) is 10.8 Å². The lowest BCUT2D eigenvalue weighted by Gasteiger charge is -2.10. The fourth-order valence-corrected chi connectivity index (χ4v) is 3.29. The minimum absolute atomic E-state index is 0.197. The van der Waals surface area contributed by atoms with Gasteiger partial charge in [-0.3, -0.25) is 4.79 Å². The standard InChI is InChI=1S/C19H18BrNO/c1-21(2)10-9-19(22)14-8-7-13-12-18(20)16-6-4-3-5-15(16)17(13)11-14/h3-8,11-12H,9-10H2,1-2H3. The first-order chi connectivity index (χ1) is 10.6. The van der Waals surface area contributed by atoms with Crippen LogP contribution in [0.2, 0.25) is 0 Å². The number of hydrogen-bond acceptors (Lipinski definition) is 2. The van der Waals surface area contributed by atoms with Crippen LogP contribution in [0.15, 0.2) is 53.0 Å². The number of halogens is 1. The van der Waals surface area contributed by atoms with Gasteiger partial charge in [-0.25, -0.2) is 0 Å². The molecule has 0 aliphatic carbocycles. The number of fused-ring (bicyclic) bond motifs is 3. The monoisotopic (exact) mass is 355 g/mol. The van der Waals surface area contributed by atoms with Crippen molar-refractivity contribution in [1.82, 2.24) is 4.90 Å². The topological polar surface area (TPSA) is 20.3 Å². The summed E-state index contributed by atoms with van der Waals surface area (Å²) in [6.07, 6.45) is 0.549. The first kappa shape index (κ1) is 15.2. The fourth-order valence-electron chi connectivity index (χ4n) is 2.70. The Morgan fingerprint density at radius 1 is 1.00 bits per heavy atom. The molecule has 0 bridgehead atoms. The van der Waals surface area contributed by atoms with Gasteiger partial charge in [0, 0.05) is 23.0 Å². The minimum atomic E-state index is 0.197. The highest BCUT2D eigenvalue weighted by molar-refractivity contribution is 9.10. The van der Waals surface area contributed by atoms with Gasteiger partial charge in [-0.1, -0.05) is 52.3 Å². The molecule has 0 radical (unpaired) electrons. The van der Waals surface area contributed by atoms with Crippen LogP contribution < -0.4 is 0 Å². The van der Waals surface area contributed by atoms with Gasteiger partial charge in [-0.2, -0.15) is 0 Å². The van der Waals surface area contributed by atoms with Crippen molar-refractivity contribution < 1.29 is 4.79 Å². The van der Waals surface area contributed by atoms with Gasteiger partial charge in [0.1, 0.15) is 0 Å². The zero-order chi connectivity index (χ0) is 15.7. The maximum absolute atomic E-state index is 12.4. The van der Waals surface area contributed by atoms with Crippen molar-refractivity contribution in [1.29, 1.82) is 0 Å². The molecule has 0 N–H and O–H groups in total. The second-order valence-corrected chi connectivity index (χ2v) is 6.67. The summed E-state index contributed by atoms with van der Waals surface area (Å²) in [5.74, 6) is 0.197. The molecule has 3 heteroatoms. The highest BCUT2D eigenvalue weighted by atomic mass is 79.9. The Bertz CT molecular complexity index is 855. The van der Waals surface area contributed by atoms with E-state index in [9.17, 15) is 4.79 Å². The molecule has 3 rings (SSSR count). The minimum Gasteiger partial charge on any atom is -0.309 e. The molecular weight excluding hydrogens is 338 g/mol. The van der Waals surface area contributed by atoms with E-state index in [0.29, 0.717) is 6.42 Å². The van der Waals surface area contributed by atoms with Gasteiger partial charge in [-0.05, 0) is 47.8 Å². The Labute approximate surface area is 138 Å². The molecule has 0 aliphatic rings. The second kappa shape index (κ2) is 6.19. The maximum Gasteiger partial charge on any atom is 0.164 e. The Morgan fingerprint density at radius 2 is 1.73 bits per heavy atom. The van der Waals surface area contributed by atoms with Gasteiger partial charge in [0.05, 0.1) is 0 Å². The first-order valence-corrected chi connectivity index (χ1v) is 8.14. The zero-order valence-corrected chi connectivity index (χ0v) is 14.4. The predicted octanol–water partition coefficient (Wildman–Crippen LogP) is 4.89. The van der Waals surface area contributed by atoms with Gasteiger partial charge in [-0.15, -0.1) is 0 Å². The van der Waals surface area contributed by atoms with E-state index in [1.807, 2.05) is 49.3 Å². The van der Waals surface area contributed by atoms with Crippen molar-refractivity contribution in [3.63, 3.8) is 0 Å². The van der Waals surface area contributed by atoms with Crippen molar-refractivity contribution >= 4 is 43.3 Å². The van der Waals surface area contributed by atoms with Crippen molar-refractivity contribution in [2.24, 2.45) is 0 Å². The summed E-state index contributed by atoms with van der Waals surface area (Å²) in [6.45, 7) is 0.776. The summed E-state index contributed by atoms with van der Waals surface area (Å²) in [5, 5.41) is 4.63. The molecule has 0 amide bonds. The normalized spacial score (nSPS) is 11.5. The number of ketones is 1. The molecule has 0 atom stereocenters. The van der Waals surface area contributed by atoms with Crippen molar-refractivity contribution in [3.05, 3.63) is 58.6 Å². The van der Waals surface area contributed by atoms with Crippen LogP contribution in [0.4, 0.5) is 0 Å². The fraction of sp³-hybridized carbons (Fsp3) is 0.211. The zero-order valence-electron chi connectivity index (χ0n) is 12.8. The third-order valence-electron chi connectivity index (χ3n) is 3.92. The number of nitrogens with zero attached hydrogens (tertiary/aromatic N) is 1. The molecule has 0 saturated carbocycles. The highest BCUT2D eigenvalue weighted by Gasteiger charge is 2.10. The van der Waals surface area contributed by atoms with Gasteiger partial charge in [0.25, 0.3) is 0 Å². The Kier molecular flexibility index (Phi) is 4.27. The van der Waals surface area contributed by atoms with E-state index in [0.717, 1.165) is 27.4 Å². The van der Waals surface area contributed by atoms with Crippen LogP contribution in [0.5, 0.6) is 0 Å². The summed E-state index contributed by atoms with van der Waals surface area (Å²) in [5.41, 5.74) is 0.793. The lowest BCUT2D eigenvalue weighted by molar-refractivity contribution is 0.0972. The molecule has 3 aromatic rings. The van der Waals surface area contributed by atoms with Crippen LogP contribution in [-0.4, -0.2) is 31.3 Å². The summed E-state index contributed by atoms with van der Waals surface area (Å²) in [7, 11) is 3.97. The molecule has 0 aliphatic heterocycles. The summed E-state index contributed by atoms with van der Waals surface area (Å²) < 4.78 is 1.09. The molecule has 3 aromatic carbocycles. The summed E-state index contributed by atoms with van der Waals surface area (Å²) in [6, 6.07) is 16.4. The van der Waals surface area contributed by atoms with Crippen molar-refractivity contribution in [2.45, 2.75) is 6.42 Å². The lowest BCUT2D eigenvalue weighted by atomic mass is 9.98. The number of rotatable bonds is 4. The van der Waals surface area contributed by atoms with Crippen molar-refractivity contribution in [3.8, 4) is 0 Å². The van der Waals surface area contributed by atoms with Gasteiger partial charge in [0.2, 0.25) is 0 Å². The first-order valence-electron chi connectivity index (χ1n) is 7.35. The third-order valence-corrected chi connectivity index (χ3v) is 4.57. The third kappa shape index (κ3) is 2.92. The average molecular weight is 356 g/mol. The molecule has 0 spiro atoms. The van der Waals surface area contributed by atoms with E-state index < -0.39 is 0 Å². The predicted molar refractivity (Wildman–Crippen MR) is 96.7 cm³/mol. The highest BCUT2D eigenvalue weighted by Crippen LogP contribution is 2.32. The number of hydrogen-bond donors (Lipinski definition) is 0. The van der Waals surface area contributed by atoms with Crippen LogP contribution in [0, 0.1) is 0 Å².